The Balaban J connectivity index is 2.38. The lowest BCUT2D eigenvalue weighted by Gasteiger charge is -2.28. The molecule has 1 rings (SSSR count). The number of benzene rings is 1. The first kappa shape index (κ1) is 17.3. The van der Waals surface area contributed by atoms with Gasteiger partial charge in [-0.1, -0.05) is 11.6 Å². The number of halogens is 1. The van der Waals surface area contributed by atoms with Crippen molar-refractivity contribution >= 4 is 29.3 Å². The maximum atomic E-state index is 11.7. The molecule has 0 aliphatic heterocycles. The van der Waals surface area contributed by atoms with Crippen LogP contribution in [-0.4, -0.2) is 52.3 Å². The fourth-order valence-corrected chi connectivity index (χ4v) is 2.40. The van der Waals surface area contributed by atoms with Gasteiger partial charge in [-0.25, -0.2) is 0 Å². The van der Waals surface area contributed by atoms with E-state index in [9.17, 15) is 4.79 Å². The second-order valence-corrected chi connectivity index (χ2v) is 5.96. The number of nitrogens with one attached hydrogen (secondary N) is 1. The van der Waals surface area contributed by atoms with Crippen LogP contribution in [0.4, 0.5) is 0 Å². The highest BCUT2D eigenvalue weighted by molar-refractivity contribution is 7.99. The van der Waals surface area contributed by atoms with Crippen LogP contribution >= 0.6 is 23.4 Å². The molecule has 112 valence electrons. The summed E-state index contributed by atoms with van der Waals surface area (Å²) in [6.07, 6.45) is 0.217. The van der Waals surface area contributed by atoms with E-state index in [-0.39, 0.29) is 12.3 Å². The summed E-state index contributed by atoms with van der Waals surface area (Å²) in [4.78, 5) is 12.7. The summed E-state index contributed by atoms with van der Waals surface area (Å²) in [5.74, 6) is 0.217. The molecule has 0 atom stereocenters. The van der Waals surface area contributed by atoms with E-state index in [1.165, 1.54) is 11.8 Å². The second kappa shape index (κ2) is 8.49. The number of aliphatic hydroxyl groups is 3. The van der Waals surface area contributed by atoms with Crippen molar-refractivity contribution in [2.45, 2.75) is 16.9 Å². The number of amides is 1. The Labute approximate surface area is 127 Å². The molecule has 0 heterocycles. The lowest BCUT2D eigenvalue weighted by molar-refractivity contribution is -0.124. The van der Waals surface area contributed by atoms with E-state index in [0.717, 1.165) is 4.90 Å². The molecule has 0 bridgehead atoms. The Bertz CT molecular complexity index is 415. The monoisotopic (exact) mass is 319 g/mol. The first-order valence-electron chi connectivity index (χ1n) is 6.07. The molecule has 0 fully saturated rings. The van der Waals surface area contributed by atoms with Crippen molar-refractivity contribution in [1.82, 2.24) is 5.32 Å². The summed E-state index contributed by atoms with van der Waals surface area (Å²) in [7, 11) is 0. The zero-order valence-electron chi connectivity index (χ0n) is 10.9. The highest BCUT2D eigenvalue weighted by Crippen LogP contribution is 2.20. The van der Waals surface area contributed by atoms with Gasteiger partial charge in [-0.15, -0.1) is 11.8 Å². The molecule has 1 aromatic carbocycles. The van der Waals surface area contributed by atoms with Crippen LogP contribution in [0.5, 0.6) is 0 Å². The molecular weight excluding hydrogens is 302 g/mol. The first-order chi connectivity index (χ1) is 9.55. The molecular formula is C13H18ClNO4S. The van der Waals surface area contributed by atoms with Crippen molar-refractivity contribution < 1.29 is 20.1 Å². The summed E-state index contributed by atoms with van der Waals surface area (Å²) >= 11 is 7.27. The second-order valence-electron chi connectivity index (χ2n) is 4.36. The Hall–Kier alpha value is -0.790. The number of carbonyl (C=O) groups is 1. The fraction of sp³-hybridized carbons (Fsp3) is 0.462. The quantitative estimate of drug-likeness (QED) is 0.528. The van der Waals surface area contributed by atoms with Gasteiger partial charge in [0.1, 0.15) is 5.54 Å². The summed E-state index contributed by atoms with van der Waals surface area (Å²) < 4.78 is 0. The molecule has 0 spiro atoms. The van der Waals surface area contributed by atoms with Crippen LogP contribution in [0.2, 0.25) is 5.02 Å². The van der Waals surface area contributed by atoms with Crippen LogP contribution in [-0.2, 0) is 4.79 Å². The molecule has 0 saturated heterocycles. The van der Waals surface area contributed by atoms with Gasteiger partial charge in [0.25, 0.3) is 0 Å². The fourth-order valence-electron chi connectivity index (χ4n) is 1.42. The first-order valence-corrected chi connectivity index (χ1v) is 7.43. The standard InChI is InChI=1S/C13H18ClNO4S/c14-10-1-3-11(4-2-10)20-6-5-12(19)15-13(7-16,8-17)9-18/h1-4,16-18H,5-9H2,(H,15,19). The van der Waals surface area contributed by atoms with Crippen molar-refractivity contribution in [2.24, 2.45) is 0 Å². The highest BCUT2D eigenvalue weighted by atomic mass is 35.5. The number of aliphatic hydroxyl groups excluding tert-OH is 3. The zero-order valence-corrected chi connectivity index (χ0v) is 12.5. The maximum Gasteiger partial charge on any atom is 0.221 e. The molecule has 1 amide bonds. The van der Waals surface area contributed by atoms with Gasteiger partial charge in [0.15, 0.2) is 0 Å². The summed E-state index contributed by atoms with van der Waals surface area (Å²) in [6.45, 7) is -1.55. The molecule has 4 N–H and O–H groups in total. The van der Waals surface area contributed by atoms with E-state index >= 15 is 0 Å². The van der Waals surface area contributed by atoms with Gasteiger partial charge in [-0.05, 0) is 24.3 Å². The normalized spacial score (nSPS) is 11.4. The van der Waals surface area contributed by atoms with E-state index in [4.69, 9.17) is 26.9 Å². The van der Waals surface area contributed by atoms with E-state index in [1.807, 2.05) is 12.1 Å². The molecule has 20 heavy (non-hydrogen) atoms. The molecule has 7 heteroatoms. The molecule has 5 nitrogen and oxygen atoms in total. The van der Waals surface area contributed by atoms with Crippen LogP contribution in [0.25, 0.3) is 0 Å². The average Bonchev–Trinajstić information content (AvgIpc) is 2.47. The summed E-state index contributed by atoms with van der Waals surface area (Å²) in [6, 6.07) is 7.28. The number of carbonyl (C=O) groups excluding carboxylic acids is 1. The topological polar surface area (TPSA) is 89.8 Å². The molecule has 0 aromatic heterocycles. The summed E-state index contributed by atoms with van der Waals surface area (Å²) in [5, 5.41) is 30.4. The third kappa shape index (κ3) is 5.30. The van der Waals surface area contributed by atoms with Gasteiger partial charge in [0, 0.05) is 22.1 Å². The van der Waals surface area contributed by atoms with Crippen LogP contribution in [0.1, 0.15) is 6.42 Å². The predicted molar refractivity (Wildman–Crippen MR) is 78.9 cm³/mol. The van der Waals surface area contributed by atoms with E-state index in [2.05, 4.69) is 5.32 Å². The maximum absolute atomic E-state index is 11.7. The molecule has 0 unspecified atom stereocenters. The van der Waals surface area contributed by atoms with Gasteiger partial charge in [0.2, 0.25) is 5.91 Å². The predicted octanol–water partition coefficient (Wildman–Crippen LogP) is 0.654. The minimum absolute atomic E-state index is 0.217. The lowest BCUT2D eigenvalue weighted by atomic mass is 10.0. The van der Waals surface area contributed by atoms with Crippen LogP contribution in [0.15, 0.2) is 29.2 Å². The van der Waals surface area contributed by atoms with Gasteiger partial charge in [-0.2, -0.15) is 0 Å². The molecule has 0 aliphatic carbocycles. The van der Waals surface area contributed by atoms with Crippen molar-refractivity contribution in [1.29, 1.82) is 0 Å². The third-order valence-electron chi connectivity index (χ3n) is 2.72. The van der Waals surface area contributed by atoms with Crippen molar-refractivity contribution in [3.05, 3.63) is 29.3 Å². The number of hydrogen-bond donors (Lipinski definition) is 4. The van der Waals surface area contributed by atoms with E-state index < -0.39 is 25.4 Å². The summed E-state index contributed by atoms with van der Waals surface area (Å²) in [5.41, 5.74) is -1.36. The molecule has 1 aromatic rings. The van der Waals surface area contributed by atoms with Crippen LogP contribution in [0, 0.1) is 0 Å². The van der Waals surface area contributed by atoms with Gasteiger partial charge >= 0.3 is 0 Å². The number of thioether (sulfide) groups is 1. The van der Waals surface area contributed by atoms with Crippen molar-refractivity contribution in [3.8, 4) is 0 Å². The minimum Gasteiger partial charge on any atom is -0.394 e. The largest absolute Gasteiger partial charge is 0.394 e. The molecule has 0 radical (unpaired) electrons. The lowest BCUT2D eigenvalue weighted by Crippen LogP contribution is -2.57. The Kier molecular flexibility index (Phi) is 7.32. The van der Waals surface area contributed by atoms with Gasteiger partial charge in [-0.3, -0.25) is 4.79 Å². The third-order valence-corrected chi connectivity index (χ3v) is 3.99. The smallest absolute Gasteiger partial charge is 0.221 e. The van der Waals surface area contributed by atoms with E-state index in [1.54, 1.807) is 12.1 Å². The zero-order chi connectivity index (χ0) is 15.0. The van der Waals surface area contributed by atoms with Crippen LogP contribution < -0.4 is 5.32 Å². The number of rotatable bonds is 8. The highest BCUT2D eigenvalue weighted by Gasteiger charge is 2.29. The number of hydrogen-bond acceptors (Lipinski definition) is 5. The van der Waals surface area contributed by atoms with Crippen molar-refractivity contribution in [3.63, 3.8) is 0 Å². The molecule has 0 aliphatic rings. The minimum atomic E-state index is -1.36. The SMILES string of the molecule is O=C(CCSc1ccc(Cl)cc1)NC(CO)(CO)CO. The van der Waals surface area contributed by atoms with Crippen molar-refractivity contribution in [2.75, 3.05) is 25.6 Å². The van der Waals surface area contributed by atoms with E-state index in [0.29, 0.717) is 10.8 Å². The van der Waals surface area contributed by atoms with Gasteiger partial charge in [0.05, 0.1) is 19.8 Å². The molecule has 0 saturated carbocycles. The Morgan fingerprint density at radius 3 is 2.20 bits per heavy atom. The average molecular weight is 320 g/mol. The van der Waals surface area contributed by atoms with Gasteiger partial charge < -0.3 is 20.6 Å². The Morgan fingerprint density at radius 2 is 1.70 bits per heavy atom. The van der Waals surface area contributed by atoms with Crippen LogP contribution in [0.3, 0.4) is 0 Å². The Morgan fingerprint density at radius 1 is 1.15 bits per heavy atom.